The molecule has 0 saturated heterocycles. The van der Waals surface area contributed by atoms with E-state index in [1.54, 1.807) is 12.1 Å². The molecular formula is C25H28FN3. The summed E-state index contributed by atoms with van der Waals surface area (Å²) in [4.78, 5) is 0. The van der Waals surface area contributed by atoms with Gasteiger partial charge in [-0.1, -0.05) is 56.2 Å². The molecular weight excluding hydrogens is 361 g/mol. The molecule has 3 unspecified atom stereocenters. The van der Waals surface area contributed by atoms with E-state index in [1.165, 1.54) is 28.8 Å². The molecule has 150 valence electrons. The van der Waals surface area contributed by atoms with E-state index < -0.39 is 0 Å². The second kappa shape index (κ2) is 7.60. The number of nitrogens with two attached hydrogens (primary N) is 1. The fourth-order valence-corrected chi connectivity index (χ4v) is 4.81. The smallest absolute Gasteiger partial charge is 0.123 e. The van der Waals surface area contributed by atoms with Gasteiger partial charge >= 0.3 is 0 Å². The summed E-state index contributed by atoms with van der Waals surface area (Å²) in [5, 5.41) is 4.60. The molecule has 0 saturated carbocycles. The quantitative estimate of drug-likeness (QED) is 0.608. The zero-order chi connectivity index (χ0) is 20.6. The largest absolute Gasteiger partial charge is 0.324 e. The lowest BCUT2D eigenvalue weighted by Crippen LogP contribution is -2.39. The van der Waals surface area contributed by atoms with Crippen molar-refractivity contribution in [1.82, 2.24) is 9.78 Å². The van der Waals surface area contributed by atoms with Crippen LogP contribution in [0.3, 0.4) is 0 Å². The normalized spacial score (nSPS) is 20.7. The second-order valence-electron chi connectivity index (χ2n) is 8.32. The van der Waals surface area contributed by atoms with Gasteiger partial charge in [-0.15, -0.1) is 0 Å². The van der Waals surface area contributed by atoms with Gasteiger partial charge in [-0.3, -0.25) is 0 Å². The van der Waals surface area contributed by atoms with Crippen LogP contribution in [0.5, 0.6) is 0 Å². The number of nitrogens with zero attached hydrogens (tertiary/aromatic N) is 2. The van der Waals surface area contributed by atoms with Gasteiger partial charge in [0.2, 0.25) is 0 Å². The number of hydrogen-bond acceptors (Lipinski definition) is 2. The highest BCUT2D eigenvalue weighted by molar-refractivity contribution is 5.60. The third-order valence-electron chi connectivity index (χ3n) is 6.65. The Labute approximate surface area is 172 Å². The molecule has 0 radical (unpaired) electrons. The van der Waals surface area contributed by atoms with Gasteiger partial charge in [-0.05, 0) is 66.1 Å². The van der Waals surface area contributed by atoms with Crippen LogP contribution in [0.15, 0.2) is 66.4 Å². The molecule has 4 heteroatoms. The zero-order valence-electron chi connectivity index (χ0n) is 17.3. The van der Waals surface area contributed by atoms with E-state index in [0.717, 1.165) is 24.2 Å². The molecule has 1 aliphatic rings. The third-order valence-corrected chi connectivity index (χ3v) is 6.65. The van der Waals surface area contributed by atoms with Gasteiger partial charge in [-0.2, -0.15) is 5.10 Å². The Hall–Kier alpha value is -2.72. The van der Waals surface area contributed by atoms with Gasteiger partial charge in [0, 0.05) is 6.04 Å². The van der Waals surface area contributed by atoms with Crippen molar-refractivity contribution >= 4 is 6.08 Å². The van der Waals surface area contributed by atoms with Crippen molar-refractivity contribution in [3.63, 3.8) is 0 Å². The number of halogens is 1. The molecule has 2 N–H and O–H groups in total. The number of benzene rings is 2. The van der Waals surface area contributed by atoms with Crippen molar-refractivity contribution in [2.45, 2.75) is 39.7 Å². The first kappa shape index (κ1) is 19.6. The maximum Gasteiger partial charge on any atom is 0.123 e. The molecule has 3 atom stereocenters. The predicted octanol–water partition coefficient (Wildman–Crippen LogP) is 5.70. The molecule has 0 spiro atoms. The van der Waals surface area contributed by atoms with Crippen molar-refractivity contribution in [2.24, 2.45) is 17.1 Å². The number of fused-ring (bicyclic) bond motifs is 1. The highest BCUT2D eigenvalue weighted by atomic mass is 19.1. The molecule has 29 heavy (non-hydrogen) atoms. The molecule has 1 heterocycles. The van der Waals surface area contributed by atoms with Crippen molar-refractivity contribution in [2.75, 3.05) is 0 Å². The summed E-state index contributed by atoms with van der Waals surface area (Å²) in [6, 6.07) is 16.8. The Morgan fingerprint density at radius 2 is 1.83 bits per heavy atom. The minimum Gasteiger partial charge on any atom is -0.324 e. The summed E-state index contributed by atoms with van der Waals surface area (Å²) < 4.78 is 15.2. The molecule has 3 nitrogen and oxygen atoms in total. The lowest BCUT2D eigenvalue weighted by molar-refractivity contribution is 0.189. The van der Waals surface area contributed by atoms with Crippen LogP contribution in [0.2, 0.25) is 0 Å². The predicted molar refractivity (Wildman–Crippen MR) is 116 cm³/mol. The maximum atomic E-state index is 13.3. The van der Waals surface area contributed by atoms with E-state index in [1.807, 2.05) is 16.9 Å². The van der Waals surface area contributed by atoms with E-state index in [0.29, 0.717) is 5.92 Å². The van der Waals surface area contributed by atoms with Crippen LogP contribution in [-0.2, 0) is 6.42 Å². The number of rotatable bonds is 5. The van der Waals surface area contributed by atoms with E-state index in [9.17, 15) is 4.39 Å². The van der Waals surface area contributed by atoms with Crippen LogP contribution >= 0.6 is 0 Å². The maximum absolute atomic E-state index is 13.3. The van der Waals surface area contributed by atoms with Crippen LogP contribution in [0.1, 0.15) is 50.1 Å². The lowest BCUT2D eigenvalue weighted by Gasteiger charge is -2.43. The molecule has 0 amide bonds. The standard InChI is InChI=1S/C25H28FN3/c1-4-22(24(27)18-8-6-5-7-9-18)25(3)15-19-16-28-29(23(19)14-17(25)2)21-12-10-20(26)11-13-21/h5-14,16,22,24H,4,15,27H2,1-3H3. The molecule has 0 fully saturated rings. The van der Waals surface area contributed by atoms with Gasteiger partial charge < -0.3 is 5.73 Å². The average Bonchev–Trinajstić information content (AvgIpc) is 3.12. The molecule has 1 aromatic heterocycles. The van der Waals surface area contributed by atoms with Gasteiger partial charge in [0.05, 0.1) is 17.6 Å². The first-order valence-electron chi connectivity index (χ1n) is 10.3. The minimum absolute atomic E-state index is 0.0248. The van der Waals surface area contributed by atoms with E-state index >= 15 is 0 Å². The fourth-order valence-electron chi connectivity index (χ4n) is 4.81. The monoisotopic (exact) mass is 389 g/mol. The van der Waals surface area contributed by atoms with Crippen molar-refractivity contribution in [1.29, 1.82) is 0 Å². The first-order chi connectivity index (χ1) is 13.9. The molecule has 2 aromatic carbocycles. The van der Waals surface area contributed by atoms with Crippen molar-refractivity contribution in [3.05, 3.63) is 89.0 Å². The van der Waals surface area contributed by atoms with Crippen LogP contribution in [0.25, 0.3) is 11.8 Å². The van der Waals surface area contributed by atoms with Crippen LogP contribution < -0.4 is 5.73 Å². The van der Waals surface area contributed by atoms with Crippen molar-refractivity contribution < 1.29 is 4.39 Å². The van der Waals surface area contributed by atoms with Gasteiger partial charge in [-0.25, -0.2) is 9.07 Å². The first-order valence-corrected chi connectivity index (χ1v) is 10.3. The molecule has 0 bridgehead atoms. The summed E-state index contributed by atoms with van der Waals surface area (Å²) in [7, 11) is 0. The van der Waals surface area contributed by atoms with Crippen molar-refractivity contribution in [3.8, 4) is 5.69 Å². The van der Waals surface area contributed by atoms with Crippen LogP contribution in [0.4, 0.5) is 4.39 Å². The molecule has 1 aliphatic carbocycles. The van der Waals surface area contributed by atoms with E-state index in [4.69, 9.17) is 5.73 Å². The summed E-state index contributed by atoms with van der Waals surface area (Å²) in [6.45, 7) is 6.75. The highest BCUT2D eigenvalue weighted by Crippen LogP contribution is 2.49. The third kappa shape index (κ3) is 3.42. The van der Waals surface area contributed by atoms with Crippen LogP contribution in [-0.4, -0.2) is 9.78 Å². The Morgan fingerprint density at radius 3 is 2.48 bits per heavy atom. The van der Waals surface area contributed by atoms with E-state index in [2.05, 4.69) is 56.2 Å². The average molecular weight is 390 g/mol. The lowest BCUT2D eigenvalue weighted by atomic mass is 9.62. The summed E-state index contributed by atoms with van der Waals surface area (Å²) >= 11 is 0. The Morgan fingerprint density at radius 1 is 1.14 bits per heavy atom. The number of hydrogen-bond donors (Lipinski definition) is 1. The van der Waals surface area contributed by atoms with Crippen LogP contribution in [0, 0.1) is 17.2 Å². The SMILES string of the molecule is CCC(C(N)c1ccccc1)C1(C)Cc2cnn(-c3ccc(F)cc3)c2C=C1C. The molecule has 4 rings (SSSR count). The van der Waals surface area contributed by atoms with Gasteiger partial charge in [0.25, 0.3) is 0 Å². The van der Waals surface area contributed by atoms with E-state index in [-0.39, 0.29) is 17.3 Å². The fraction of sp³-hybridized carbons (Fsp3) is 0.320. The number of aromatic nitrogens is 2. The molecule has 3 aromatic rings. The zero-order valence-corrected chi connectivity index (χ0v) is 17.3. The Bertz CT molecular complexity index is 1020. The van der Waals surface area contributed by atoms with Gasteiger partial charge in [0.15, 0.2) is 0 Å². The highest BCUT2D eigenvalue weighted by Gasteiger charge is 2.41. The Balaban J connectivity index is 1.70. The van der Waals surface area contributed by atoms with Gasteiger partial charge in [0.1, 0.15) is 5.82 Å². The minimum atomic E-state index is -0.241. The second-order valence-corrected chi connectivity index (χ2v) is 8.32. The Kier molecular flexibility index (Phi) is 5.13. The molecule has 0 aliphatic heterocycles. The topological polar surface area (TPSA) is 43.8 Å². The summed E-state index contributed by atoms with van der Waals surface area (Å²) in [5.41, 5.74) is 12.4. The number of allylic oxidation sites excluding steroid dienone is 1. The summed E-state index contributed by atoms with van der Waals surface area (Å²) in [5.74, 6) is 0.0678. The summed E-state index contributed by atoms with van der Waals surface area (Å²) in [6.07, 6.45) is 6.07.